The third kappa shape index (κ3) is 2.80. The number of anilines is 1. The van der Waals surface area contributed by atoms with Crippen molar-refractivity contribution in [1.29, 1.82) is 5.26 Å². The highest BCUT2D eigenvalue weighted by Gasteiger charge is 2.32. The maximum atomic E-state index is 11.7. The molecule has 0 radical (unpaired) electrons. The highest BCUT2D eigenvalue weighted by atomic mass is 16.6. The summed E-state index contributed by atoms with van der Waals surface area (Å²) in [5, 5.41) is 27.6. The molecule has 0 aliphatic carbocycles. The van der Waals surface area contributed by atoms with Crippen LogP contribution in [0.5, 0.6) is 5.75 Å². The fourth-order valence-electron chi connectivity index (χ4n) is 2.33. The van der Waals surface area contributed by atoms with Crippen molar-refractivity contribution >= 4 is 11.9 Å². The largest absolute Gasteiger partial charge is 0.507 e. The van der Waals surface area contributed by atoms with Crippen LogP contribution in [0.4, 0.5) is 10.6 Å². The van der Waals surface area contributed by atoms with E-state index >= 15 is 0 Å². The van der Waals surface area contributed by atoms with Gasteiger partial charge in [-0.15, -0.1) is 0 Å². The lowest BCUT2D eigenvalue weighted by Gasteiger charge is -2.12. The van der Waals surface area contributed by atoms with Crippen LogP contribution in [0.2, 0.25) is 0 Å². The summed E-state index contributed by atoms with van der Waals surface area (Å²) in [5.41, 5.74) is 1.64. The van der Waals surface area contributed by atoms with Crippen LogP contribution < -0.4 is 4.90 Å². The van der Waals surface area contributed by atoms with Crippen LogP contribution in [0.3, 0.4) is 0 Å². The smallest absolute Gasteiger partial charge is 0.416 e. The zero-order chi connectivity index (χ0) is 16.4. The van der Waals surface area contributed by atoms with E-state index in [-0.39, 0.29) is 24.5 Å². The van der Waals surface area contributed by atoms with Gasteiger partial charge >= 0.3 is 6.09 Å². The van der Waals surface area contributed by atoms with Crippen LogP contribution in [0, 0.1) is 11.3 Å². The molecule has 3 rings (SSSR count). The van der Waals surface area contributed by atoms with Crippen molar-refractivity contribution in [3.05, 3.63) is 42.1 Å². The average molecular weight is 311 g/mol. The van der Waals surface area contributed by atoms with Crippen molar-refractivity contribution < 1.29 is 19.7 Å². The molecule has 0 unspecified atom stereocenters. The normalized spacial score (nSPS) is 17.0. The summed E-state index contributed by atoms with van der Waals surface area (Å²) in [6.45, 7) is 0.0180. The number of phenols is 1. The van der Waals surface area contributed by atoms with Gasteiger partial charge in [-0.25, -0.2) is 9.78 Å². The molecule has 1 amide bonds. The van der Waals surface area contributed by atoms with Gasteiger partial charge in [-0.05, 0) is 29.8 Å². The number of carbonyl (C=O) groups is 1. The Bertz CT molecular complexity index is 783. The number of phenolic OH excluding ortho intramolecular Hbond substituents is 1. The number of aromatic hydroxyl groups is 1. The van der Waals surface area contributed by atoms with Crippen LogP contribution in [0.1, 0.15) is 5.56 Å². The SMILES string of the molecule is N#Cc1ccc(-c2ccc(N3C[C@H](CO)OC3=O)nc2)cc1O. The predicted molar refractivity (Wildman–Crippen MR) is 80.8 cm³/mol. The molecule has 23 heavy (non-hydrogen) atoms. The van der Waals surface area contributed by atoms with Gasteiger partial charge in [0, 0.05) is 11.8 Å². The molecule has 1 fully saturated rings. The molecule has 0 saturated carbocycles. The molecule has 2 heterocycles. The van der Waals surface area contributed by atoms with E-state index in [1.807, 2.05) is 6.07 Å². The third-order valence-corrected chi connectivity index (χ3v) is 3.55. The van der Waals surface area contributed by atoms with Gasteiger partial charge in [0.2, 0.25) is 0 Å². The number of aliphatic hydroxyl groups excluding tert-OH is 1. The van der Waals surface area contributed by atoms with Crippen molar-refractivity contribution in [1.82, 2.24) is 4.98 Å². The van der Waals surface area contributed by atoms with E-state index in [0.29, 0.717) is 11.4 Å². The Balaban J connectivity index is 1.84. The fraction of sp³-hybridized carbons (Fsp3) is 0.188. The number of nitrogens with zero attached hydrogens (tertiary/aromatic N) is 3. The quantitative estimate of drug-likeness (QED) is 0.892. The standard InChI is InChI=1S/C16H13N3O4/c17-6-11-2-1-10(5-14(11)21)12-3-4-15(18-7-12)19-8-13(9-20)23-16(19)22/h1-5,7,13,20-21H,8-9H2/t13-/m1/s1. The summed E-state index contributed by atoms with van der Waals surface area (Å²) in [5.74, 6) is 0.329. The Kier molecular flexibility index (Phi) is 3.83. The number of rotatable bonds is 3. The van der Waals surface area contributed by atoms with E-state index in [2.05, 4.69) is 4.98 Å². The fourth-order valence-corrected chi connectivity index (χ4v) is 2.33. The second-order valence-corrected chi connectivity index (χ2v) is 5.05. The molecule has 7 nitrogen and oxygen atoms in total. The molecular formula is C16H13N3O4. The second kappa shape index (κ2) is 5.94. The van der Waals surface area contributed by atoms with Crippen LogP contribution in [-0.4, -0.2) is 40.5 Å². The molecule has 1 saturated heterocycles. The zero-order valence-corrected chi connectivity index (χ0v) is 12.0. The second-order valence-electron chi connectivity index (χ2n) is 5.05. The van der Waals surface area contributed by atoms with E-state index < -0.39 is 12.2 Å². The predicted octanol–water partition coefficient (Wildman–Crippen LogP) is 1.64. The van der Waals surface area contributed by atoms with Crippen molar-refractivity contribution in [2.75, 3.05) is 18.1 Å². The molecule has 1 aliphatic heterocycles. The lowest BCUT2D eigenvalue weighted by molar-refractivity contribution is 0.0963. The molecule has 1 aromatic heterocycles. The first kappa shape index (κ1) is 14.8. The van der Waals surface area contributed by atoms with Crippen molar-refractivity contribution in [3.63, 3.8) is 0 Å². The third-order valence-electron chi connectivity index (χ3n) is 3.55. The molecule has 116 valence electrons. The van der Waals surface area contributed by atoms with Crippen LogP contribution >= 0.6 is 0 Å². The minimum atomic E-state index is -0.542. The number of amides is 1. The number of aromatic nitrogens is 1. The number of ether oxygens (including phenoxy) is 1. The first-order chi connectivity index (χ1) is 11.1. The van der Waals surface area contributed by atoms with Gasteiger partial charge in [0.05, 0.1) is 18.7 Å². The van der Waals surface area contributed by atoms with Gasteiger partial charge in [0.15, 0.2) is 0 Å². The molecule has 2 aromatic rings. The number of benzene rings is 1. The van der Waals surface area contributed by atoms with E-state index in [4.69, 9.17) is 15.1 Å². The molecule has 2 N–H and O–H groups in total. The summed E-state index contributed by atoms with van der Waals surface area (Å²) in [7, 11) is 0. The van der Waals surface area contributed by atoms with Gasteiger partial charge < -0.3 is 14.9 Å². The summed E-state index contributed by atoms with van der Waals surface area (Å²) in [6, 6.07) is 10.0. The number of pyridine rings is 1. The van der Waals surface area contributed by atoms with Gasteiger partial charge in [0.1, 0.15) is 23.7 Å². The van der Waals surface area contributed by atoms with E-state index in [1.165, 1.54) is 17.0 Å². The van der Waals surface area contributed by atoms with Gasteiger partial charge in [0.25, 0.3) is 0 Å². The summed E-state index contributed by atoms with van der Waals surface area (Å²) in [4.78, 5) is 17.3. The monoisotopic (exact) mass is 311 g/mol. The molecule has 1 aromatic carbocycles. The highest BCUT2D eigenvalue weighted by molar-refractivity contribution is 5.88. The number of hydrogen-bond acceptors (Lipinski definition) is 6. The average Bonchev–Trinajstić information content (AvgIpc) is 2.96. The molecule has 0 spiro atoms. The Morgan fingerprint density at radius 1 is 1.35 bits per heavy atom. The minimum absolute atomic E-state index is 0.0945. The van der Waals surface area contributed by atoms with E-state index in [9.17, 15) is 9.90 Å². The number of hydrogen-bond donors (Lipinski definition) is 2. The lowest BCUT2D eigenvalue weighted by atomic mass is 10.1. The van der Waals surface area contributed by atoms with Crippen molar-refractivity contribution in [2.24, 2.45) is 0 Å². The summed E-state index contributed by atoms with van der Waals surface area (Å²) in [6.07, 6.45) is 0.482. The topological polar surface area (TPSA) is 107 Å². The Labute approximate surface area is 132 Å². The molecule has 7 heteroatoms. The van der Waals surface area contributed by atoms with Crippen LogP contribution in [0.15, 0.2) is 36.5 Å². The first-order valence-corrected chi connectivity index (χ1v) is 6.91. The van der Waals surface area contributed by atoms with E-state index in [1.54, 1.807) is 24.4 Å². The number of carbonyl (C=O) groups excluding carboxylic acids is 1. The Morgan fingerprint density at radius 3 is 2.70 bits per heavy atom. The first-order valence-electron chi connectivity index (χ1n) is 6.91. The summed E-state index contributed by atoms with van der Waals surface area (Å²) >= 11 is 0. The van der Waals surface area contributed by atoms with Gasteiger partial charge in [-0.1, -0.05) is 6.07 Å². The lowest BCUT2D eigenvalue weighted by Crippen LogP contribution is -2.26. The maximum absolute atomic E-state index is 11.7. The molecular weight excluding hydrogens is 298 g/mol. The Hall–Kier alpha value is -3.11. The van der Waals surface area contributed by atoms with Crippen LogP contribution in [-0.2, 0) is 4.74 Å². The van der Waals surface area contributed by atoms with Gasteiger partial charge in [-0.3, -0.25) is 4.90 Å². The highest BCUT2D eigenvalue weighted by Crippen LogP contribution is 2.27. The number of cyclic esters (lactones) is 1. The minimum Gasteiger partial charge on any atom is -0.507 e. The van der Waals surface area contributed by atoms with Crippen molar-refractivity contribution in [2.45, 2.75) is 6.10 Å². The zero-order valence-electron chi connectivity index (χ0n) is 12.0. The molecule has 1 aliphatic rings. The Morgan fingerprint density at radius 2 is 2.13 bits per heavy atom. The van der Waals surface area contributed by atoms with Crippen LogP contribution in [0.25, 0.3) is 11.1 Å². The van der Waals surface area contributed by atoms with Gasteiger partial charge in [-0.2, -0.15) is 5.26 Å². The number of aliphatic hydroxyl groups is 1. The molecule has 1 atom stereocenters. The molecule has 0 bridgehead atoms. The van der Waals surface area contributed by atoms with Crippen molar-refractivity contribution in [3.8, 4) is 22.9 Å². The van der Waals surface area contributed by atoms with E-state index in [0.717, 1.165) is 5.56 Å². The maximum Gasteiger partial charge on any atom is 0.416 e. The number of nitriles is 1. The summed E-state index contributed by atoms with van der Waals surface area (Å²) < 4.78 is 4.97.